The number of hydrogen-bond acceptors (Lipinski definition) is 2. The lowest BCUT2D eigenvalue weighted by molar-refractivity contribution is 0.0697. The minimum absolute atomic E-state index is 0.0993. The van der Waals surface area contributed by atoms with Crippen LogP contribution in [0.5, 0.6) is 0 Å². The lowest BCUT2D eigenvalue weighted by Crippen LogP contribution is -2.21. The van der Waals surface area contributed by atoms with Gasteiger partial charge in [0.1, 0.15) is 0 Å². The Morgan fingerprint density at radius 3 is 2.25 bits per heavy atom. The van der Waals surface area contributed by atoms with Crippen LogP contribution in [0.25, 0.3) is 11.3 Å². The predicted molar refractivity (Wildman–Crippen MR) is 96.3 cm³/mol. The van der Waals surface area contributed by atoms with E-state index in [4.69, 9.17) is 5.11 Å². The molecule has 0 amide bonds. The van der Waals surface area contributed by atoms with E-state index in [0.717, 1.165) is 21.3 Å². The summed E-state index contributed by atoms with van der Waals surface area (Å²) in [5, 5.41) is 9.00. The van der Waals surface area contributed by atoms with Gasteiger partial charge < -0.3 is 9.67 Å². The highest BCUT2D eigenvalue weighted by Crippen LogP contribution is 2.20. The molecule has 0 spiro atoms. The van der Waals surface area contributed by atoms with Gasteiger partial charge in [0.15, 0.2) is 0 Å². The maximum atomic E-state index is 12.3. The van der Waals surface area contributed by atoms with Gasteiger partial charge in [0.25, 0.3) is 5.56 Å². The van der Waals surface area contributed by atoms with Gasteiger partial charge in [-0.2, -0.15) is 0 Å². The van der Waals surface area contributed by atoms with Crippen molar-refractivity contribution >= 4 is 21.9 Å². The van der Waals surface area contributed by atoms with Crippen LogP contribution in [0.4, 0.5) is 0 Å². The van der Waals surface area contributed by atoms with Gasteiger partial charge in [0, 0.05) is 10.5 Å². The summed E-state index contributed by atoms with van der Waals surface area (Å²) in [4.78, 5) is 23.3. The summed E-state index contributed by atoms with van der Waals surface area (Å²) in [6.45, 7) is 0.447. The van der Waals surface area contributed by atoms with Crippen LogP contribution < -0.4 is 5.56 Å². The SMILES string of the molecule is O=C(O)c1ccc(-c2cccc(=O)n2Cc2ccc(Br)cc2)cc1. The molecule has 0 aliphatic heterocycles. The minimum Gasteiger partial charge on any atom is -0.478 e. The van der Waals surface area contributed by atoms with E-state index in [-0.39, 0.29) is 11.1 Å². The van der Waals surface area contributed by atoms with Crippen LogP contribution in [0.1, 0.15) is 15.9 Å². The Hall–Kier alpha value is -2.66. The number of rotatable bonds is 4. The molecule has 0 unspecified atom stereocenters. The first kappa shape index (κ1) is 16.2. The van der Waals surface area contributed by atoms with Gasteiger partial charge in [0.2, 0.25) is 0 Å². The zero-order valence-electron chi connectivity index (χ0n) is 12.6. The molecule has 24 heavy (non-hydrogen) atoms. The summed E-state index contributed by atoms with van der Waals surface area (Å²) >= 11 is 3.40. The van der Waals surface area contributed by atoms with Crippen LogP contribution in [0.15, 0.2) is 76.0 Å². The van der Waals surface area contributed by atoms with Gasteiger partial charge in [-0.25, -0.2) is 4.79 Å². The van der Waals surface area contributed by atoms with Gasteiger partial charge in [-0.1, -0.05) is 46.3 Å². The first-order chi connectivity index (χ1) is 11.5. The summed E-state index contributed by atoms with van der Waals surface area (Å²) in [6, 6.07) is 19.4. The molecule has 0 aliphatic carbocycles. The Balaban J connectivity index is 2.02. The maximum absolute atomic E-state index is 12.3. The van der Waals surface area contributed by atoms with E-state index >= 15 is 0 Å². The average molecular weight is 384 g/mol. The second-order valence-electron chi connectivity index (χ2n) is 5.34. The van der Waals surface area contributed by atoms with Crippen molar-refractivity contribution in [2.24, 2.45) is 0 Å². The second kappa shape index (κ2) is 6.84. The highest BCUT2D eigenvalue weighted by atomic mass is 79.9. The van der Waals surface area contributed by atoms with Crippen LogP contribution in [0.2, 0.25) is 0 Å². The molecular formula is C19H14BrNO3. The Labute approximate surface area is 147 Å². The molecule has 2 aromatic carbocycles. The topological polar surface area (TPSA) is 59.3 Å². The quantitative estimate of drug-likeness (QED) is 0.739. The Morgan fingerprint density at radius 1 is 0.958 bits per heavy atom. The summed E-state index contributed by atoms with van der Waals surface area (Å²) in [6.07, 6.45) is 0. The number of halogens is 1. The fraction of sp³-hybridized carbons (Fsp3) is 0.0526. The van der Waals surface area contributed by atoms with E-state index in [1.165, 1.54) is 6.07 Å². The third kappa shape index (κ3) is 3.46. The van der Waals surface area contributed by atoms with Crippen LogP contribution >= 0.6 is 15.9 Å². The molecule has 0 atom stereocenters. The molecule has 3 rings (SSSR count). The molecule has 0 bridgehead atoms. The molecule has 1 aromatic heterocycles. The normalized spacial score (nSPS) is 10.5. The predicted octanol–water partition coefficient (Wildman–Crippen LogP) is 4.02. The van der Waals surface area contributed by atoms with Crippen molar-refractivity contribution in [3.05, 3.63) is 92.7 Å². The van der Waals surface area contributed by atoms with E-state index < -0.39 is 5.97 Å². The van der Waals surface area contributed by atoms with Gasteiger partial charge >= 0.3 is 5.97 Å². The number of pyridine rings is 1. The summed E-state index contributed by atoms with van der Waals surface area (Å²) in [7, 11) is 0. The zero-order chi connectivity index (χ0) is 17.1. The van der Waals surface area contributed by atoms with E-state index in [2.05, 4.69) is 15.9 Å². The molecule has 0 aliphatic rings. The van der Waals surface area contributed by atoms with Crippen LogP contribution in [-0.2, 0) is 6.54 Å². The van der Waals surface area contributed by atoms with Gasteiger partial charge in [0.05, 0.1) is 17.8 Å². The average Bonchev–Trinajstić information content (AvgIpc) is 2.58. The number of hydrogen-bond donors (Lipinski definition) is 1. The lowest BCUT2D eigenvalue weighted by atomic mass is 10.1. The van der Waals surface area contributed by atoms with Crippen LogP contribution in [-0.4, -0.2) is 15.6 Å². The number of carboxylic acid groups (broad SMARTS) is 1. The van der Waals surface area contributed by atoms with Gasteiger partial charge in [-0.3, -0.25) is 4.79 Å². The van der Waals surface area contributed by atoms with Crippen molar-refractivity contribution in [2.45, 2.75) is 6.54 Å². The fourth-order valence-electron chi connectivity index (χ4n) is 2.49. The second-order valence-corrected chi connectivity index (χ2v) is 6.26. The largest absolute Gasteiger partial charge is 0.478 e. The van der Waals surface area contributed by atoms with E-state index in [1.807, 2.05) is 30.3 Å². The van der Waals surface area contributed by atoms with Crippen LogP contribution in [0.3, 0.4) is 0 Å². The molecule has 1 N–H and O–H groups in total. The Morgan fingerprint density at radius 2 is 1.62 bits per heavy atom. The highest BCUT2D eigenvalue weighted by molar-refractivity contribution is 9.10. The van der Waals surface area contributed by atoms with Crippen molar-refractivity contribution in [2.75, 3.05) is 0 Å². The molecule has 4 nitrogen and oxygen atoms in total. The number of carboxylic acids is 1. The van der Waals surface area contributed by atoms with Crippen LogP contribution in [0, 0.1) is 0 Å². The van der Waals surface area contributed by atoms with Crippen molar-refractivity contribution in [1.29, 1.82) is 0 Å². The fourth-order valence-corrected chi connectivity index (χ4v) is 2.76. The number of aromatic carboxylic acids is 1. The van der Waals surface area contributed by atoms with Crippen molar-refractivity contribution in [3.63, 3.8) is 0 Å². The number of aromatic nitrogens is 1. The molecule has 120 valence electrons. The van der Waals surface area contributed by atoms with Crippen molar-refractivity contribution in [3.8, 4) is 11.3 Å². The van der Waals surface area contributed by atoms with Gasteiger partial charge in [-0.05, 0) is 41.5 Å². The minimum atomic E-state index is -0.970. The number of benzene rings is 2. The molecule has 3 aromatic rings. The molecule has 0 saturated heterocycles. The molecule has 0 radical (unpaired) electrons. The molecule has 0 saturated carbocycles. The van der Waals surface area contributed by atoms with Crippen molar-refractivity contribution < 1.29 is 9.90 Å². The Bertz CT molecular complexity index is 928. The Kier molecular flexibility index (Phi) is 4.62. The summed E-state index contributed by atoms with van der Waals surface area (Å²) < 4.78 is 2.66. The van der Waals surface area contributed by atoms with Crippen molar-refractivity contribution in [1.82, 2.24) is 4.57 Å². The number of carbonyl (C=O) groups is 1. The molecule has 5 heteroatoms. The molecule has 0 fully saturated rings. The smallest absolute Gasteiger partial charge is 0.335 e. The molecular weight excluding hydrogens is 370 g/mol. The monoisotopic (exact) mass is 383 g/mol. The molecule has 1 heterocycles. The van der Waals surface area contributed by atoms with Gasteiger partial charge in [-0.15, -0.1) is 0 Å². The summed E-state index contributed by atoms with van der Waals surface area (Å²) in [5.41, 5.74) is 2.68. The highest BCUT2D eigenvalue weighted by Gasteiger charge is 2.08. The lowest BCUT2D eigenvalue weighted by Gasteiger charge is -2.13. The standard InChI is InChI=1S/C19H14BrNO3/c20-16-10-4-13(5-11-16)12-21-17(2-1-3-18(21)22)14-6-8-15(9-7-14)19(23)24/h1-11H,12H2,(H,23,24). The van der Waals surface area contributed by atoms with E-state index in [0.29, 0.717) is 6.54 Å². The number of nitrogens with zero attached hydrogens (tertiary/aromatic N) is 1. The third-order valence-electron chi connectivity index (χ3n) is 3.73. The van der Waals surface area contributed by atoms with E-state index in [9.17, 15) is 9.59 Å². The zero-order valence-corrected chi connectivity index (χ0v) is 14.2. The third-order valence-corrected chi connectivity index (χ3v) is 4.26. The first-order valence-electron chi connectivity index (χ1n) is 7.32. The maximum Gasteiger partial charge on any atom is 0.335 e. The summed E-state index contributed by atoms with van der Waals surface area (Å²) in [5.74, 6) is -0.970. The first-order valence-corrected chi connectivity index (χ1v) is 8.12. The van der Waals surface area contributed by atoms with E-state index in [1.54, 1.807) is 34.9 Å².